The van der Waals surface area contributed by atoms with Crippen LogP contribution in [0.5, 0.6) is 0 Å². The van der Waals surface area contributed by atoms with Crippen LogP contribution in [0, 0.1) is 6.92 Å². The van der Waals surface area contributed by atoms with Crippen LogP contribution in [0.2, 0.25) is 0 Å². The number of carbonyl (C=O) groups excluding carboxylic acids is 1. The molecule has 0 aromatic heterocycles. The molecule has 0 bridgehead atoms. The number of hydrogen-bond donors (Lipinski definition) is 2. The number of aliphatic carboxylic acids is 1. The molecule has 0 fully saturated rings. The minimum Gasteiger partial charge on any atom is -0.481 e. The SMILES string of the molecule is CCNC(=O)CCC(C(=O)O)c1ccccc1C. The molecule has 1 rings (SSSR count). The molecular weight excluding hydrogens is 230 g/mol. The van der Waals surface area contributed by atoms with Gasteiger partial charge in [-0.2, -0.15) is 0 Å². The Morgan fingerprint density at radius 3 is 2.56 bits per heavy atom. The van der Waals surface area contributed by atoms with E-state index >= 15 is 0 Å². The average Bonchev–Trinajstić information content (AvgIpc) is 2.31. The fraction of sp³-hybridized carbons (Fsp3) is 0.429. The van der Waals surface area contributed by atoms with Crippen molar-refractivity contribution in [3.05, 3.63) is 35.4 Å². The van der Waals surface area contributed by atoms with Gasteiger partial charge in [0.2, 0.25) is 5.91 Å². The molecule has 0 heterocycles. The van der Waals surface area contributed by atoms with Crippen LogP contribution < -0.4 is 5.32 Å². The van der Waals surface area contributed by atoms with E-state index in [9.17, 15) is 14.7 Å². The number of benzene rings is 1. The molecule has 1 aromatic carbocycles. The zero-order valence-corrected chi connectivity index (χ0v) is 10.8. The van der Waals surface area contributed by atoms with Gasteiger partial charge in [0.15, 0.2) is 0 Å². The Morgan fingerprint density at radius 1 is 1.33 bits per heavy atom. The van der Waals surface area contributed by atoms with E-state index < -0.39 is 11.9 Å². The third kappa shape index (κ3) is 3.87. The van der Waals surface area contributed by atoms with E-state index in [4.69, 9.17) is 0 Å². The molecule has 0 radical (unpaired) electrons. The molecule has 1 atom stereocenters. The molecule has 4 heteroatoms. The zero-order chi connectivity index (χ0) is 13.5. The van der Waals surface area contributed by atoms with Crippen molar-refractivity contribution in [1.29, 1.82) is 0 Å². The Balaban J connectivity index is 2.76. The first-order valence-electron chi connectivity index (χ1n) is 6.11. The van der Waals surface area contributed by atoms with Crippen LogP contribution in [-0.4, -0.2) is 23.5 Å². The minimum atomic E-state index is -0.881. The van der Waals surface area contributed by atoms with E-state index in [1.807, 2.05) is 38.1 Å². The maximum atomic E-state index is 11.4. The number of amides is 1. The lowest BCUT2D eigenvalue weighted by atomic mass is 9.91. The molecule has 2 N–H and O–H groups in total. The molecule has 98 valence electrons. The molecule has 1 amide bonds. The molecule has 0 aliphatic carbocycles. The van der Waals surface area contributed by atoms with Gasteiger partial charge in [-0.15, -0.1) is 0 Å². The summed E-state index contributed by atoms with van der Waals surface area (Å²) in [6.45, 7) is 4.30. The molecular formula is C14H19NO3. The van der Waals surface area contributed by atoms with Gasteiger partial charge in [-0.05, 0) is 31.4 Å². The largest absolute Gasteiger partial charge is 0.481 e. The van der Waals surface area contributed by atoms with E-state index in [-0.39, 0.29) is 12.3 Å². The topological polar surface area (TPSA) is 66.4 Å². The monoisotopic (exact) mass is 249 g/mol. The van der Waals surface area contributed by atoms with Gasteiger partial charge in [0.1, 0.15) is 0 Å². The number of carboxylic acids is 1. The van der Waals surface area contributed by atoms with E-state index in [1.54, 1.807) is 0 Å². The van der Waals surface area contributed by atoms with Gasteiger partial charge >= 0.3 is 5.97 Å². The summed E-state index contributed by atoms with van der Waals surface area (Å²) in [5.41, 5.74) is 1.73. The number of carbonyl (C=O) groups is 2. The van der Waals surface area contributed by atoms with Gasteiger partial charge < -0.3 is 10.4 Å². The van der Waals surface area contributed by atoms with E-state index in [0.717, 1.165) is 11.1 Å². The number of aryl methyl sites for hydroxylation is 1. The van der Waals surface area contributed by atoms with Gasteiger partial charge in [0.25, 0.3) is 0 Å². The third-order valence-corrected chi connectivity index (χ3v) is 2.90. The average molecular weight is 249 g/mol. The van der Waals surface area contributed by atoms with Crippen molar-refractivity contribution in [2.75, 3.05) is 6.54 Å². The van der Waals surface area contributed by atoms with E-state index in [0.29, 0.717) is 13.0 Å². The highest BCUT2D eigenvalue weighted by molar-refractivity contribution is 5.79. The van der Waals surface area contributed by atoms with Crippen LogP contribution in [0.25, 0.3) is 0 Å². The highest BCUT2D eigenvalue weighted by atomic mass is 16.4. The molecule has 1 aromatic rings. The highest BCUT2D eigenvalue weighted by Gasteiger charge is 2.22. The van der Waals surface area contributed by atoms with Crippen molar-refractivity contribution in [3.63, 3.8) is 0 Å². The minimum absolute atomic E-state index is 0.0997. The van der Waals surface area contributed by atoms with E-state index in [1.165, 1.54) is 0 Å². The fourth-order valence-corrected chi connectivity index (χ4v) is 1.95. The summed E-state index contributed by atoms with van der Waals surface area (Å²) in [7, 11) is 0. The fourth-order valence-electron chi connectivity index (χ4n) is 1.95. The lowest BCUT2D eigenvalue weighted by Crippen LogP contribution is -2.24. The van der Waals surface area contributed by atoms with Crippen molar-refractivity contribution in [1.82, 2.24) is 5.32 Å². The quantitative estimate of drug-likeness (QED) is 0.811. The first kappa shape index (κ1) is 14.2. The summed E-state index contributed by atoms with van der Waals surface area (Å²) in [6, 6.07) is 7.40. The number of rotatable bonds is 6. The predicted molar refractivity (Wildman–Crippen MR) is 69.5 cm³/mol. The van der Waals surface area contributed by atoms with Crippen LogP contribution >= 0.6 is 0 Å². The summed E-state index contributed by atoms with van der Waals surface area (Å²) < 4.78 is 0. The van der Waals surface area contributed by atoms with Crippen LogP contribution in [0.4, 0.5) is 0 Å². The van der Waals surface area contributed by atoms with Crippen molar-refractivity contribution in [2.24, 2.45) is 0 Å². The summed E-state index contributed by atoms with van der Waals surface area (Å²) >= 11 is 0. The number of hydrogen-bond acceptors (Lipinski definition) is 2. The molecule has 0 spiro atoms. The smallest absolute Gasteiger partial charge is 0.310 e. The van der Waals surface area contributed by atoms with Crippen LogP contribution in [0.15, 0.2) is 24.3 Å². The van der Waals surface area contributed by atoms with Crippen LogP contribution in [-0.2, 0) is 9.59 Å². The van der Waals surface area contributed by atoms with Gasteiger partial charge in [-0.3, -0.25) is 9.59 Å². The highest BCUT2D eigenvalue weighted by Crippen LogP contribution is 2.24. The second kappa shape index (κ2) is 6.79. The van der Waals surface area contributed by atoms with Crippen molar-refractivity contribution < 1.29 is 14.7 Å². The number of nitrogens with one attached hydrogen (secondary N) is 1. The lowest BCUT2D eigenvalue weighted by molar-refractivity contribution is -0.139. The van der Waals surface area contributed by atoms with Gasteiger partial charge in [0, 0.05) is 13.0 Å². The summed E-state index contributed by atoms with van der Waals surface area (Å²) in [5, 5.41) is 11.9. The lowest BCUT2D eigenvalue weighted by Gasteiger charge is -2.14. The number of carboxylic acid groups (broad SMARTS) is 1. The Morgan fingerprint density at radius 2 is 2.00 bits per heavy atom. The maximum absolute atomic E-state index is 11.4. The standard InChI is InChI=1S/C14H19NO3/c1-3-15-13(16)9-8-12(14(17)18)11-7-5-4-6-10(11)2/h4-7,12H,3,8-9H2,1-2H3,(H,15,16)(H,17,18). The third-order valence-electron chi connectivity index (χ3n) is 2.90. The zero-order valence-electron chi connectivity index (χ0n) is 10.8. The van der Waals surface area contributed by atoms with Gasteiger partial charge in [-0.1, -0.05) is 24.3 Å². The normalized spacial score (nSPS) is 11.9. The van der Waals surface area contributed by atoms with Gasteiger partial charge in [-0.25, -0.2) is 0 Å². The Labute approximate surface area is 107 Å². The van der Waals surface area contributed by atoms with E-state index in [2.05, 4.69) is 5.32 Å². The maximum Gasteiger partial charge on any atom is 0.310 e. The molecule has 0 aliphatic heterocycles. The first-order valence-corrected chi connectivity index (χ1v) is 6.11. The second-order valence-corrected chi connectivity index (χ2v) is 4.24. The molecule has 18 heavy (non-hydrogen) atoms. The predicted octanol–water partition coefficient (Wildman–Crippen LogP) is 2.08. The van der Waals surface area contributed by atoms with Crippen molar-refractivity contribution in [2.45, 2.75) is 32.6 Å². The van der Waals surface area contributed by atoms with Crippen molar-refractivity contribution >= 4 is 11.9 Å². The molecule has 4 nitrogen and oxygen atoms in total. The first-order chi connectivity index (χ1) is 8.56. The molecule has 0 saturated carbocycles. The Bertz CT molecular complexity index is 429. The Hall–Kier alpha value is -1.84. The Kier molecular flexibility index (Phi) is 5.36. The van der Waals surface area contributed by atoms with Crippen LogP contribution in [0.1, 0.15) is 36.8 Å². The van der Waals surface area contributed by atoms with Crippen molar-refractivity contribution in [3.8, 4) is 0 Å². The molecule has 1 unspecified atom stereocenters. The summed E-state index contributed by atoms with van der Waals surface area (Å²) in [4.78, 5) is 22.7. The van der Waals surface area contributed by atoms with Gasteiger partial charge in [0.05, 0.1) is 5.92 Å². The summed E-state index contributed by atoms with van der Waals surface area (Å²) in [5.74, 6) is -1.60. The summed E-state index contributed by atoms with van der Waals surface area (Å²) in [6.07, 6.45) is 0.561. The van der Waals surface area contributed by atoms with Crippen LogP contribution in [0.3, 0.4) is 0 Å². The molecule has 0 saturated heterocycles. The second-order valence-electron chi connectivity index (χ2n) is 4.24. The molecule has 0 aliphatic rings.